The molecular weight excluding hydrogens is 414 g/mol. The second kappa shape index (κ2) is 8.98. The molecule has 0 spiro atoms. The molecule has 0 aliphatic rings. The van der Waals surface area contributed by atoms with E-state index in [4.69, 9.17) is 17.0 Å². The van der Waals surface area contributed by atoms with Gasteiger partial charge in [0.15, 0.2) is 8.29 Å². The molecule has 0 atom stereocenters. The fraction of sp³-hybridized carbons (Fsp3) is 0.176. The lowest BCUT2D eigenvalue weighted by Crippen LogP contribution is -1.95. The molecule has 3 rings (SSSR count). The monoisotopic (exact) mass is 428 g/mol. The van der Waals surface area contributed by atoms with Gasteiger partial charge in [-0.25, -0.2) is 4.68 Å². The topological polar surface area (TPSA) is 27.1 Å². The summed E-state index contributed by atoms with van der Waals surface area (Å²) in [5.74, 6) is -1.37. The molecule has 0 amide bonds. The number of nitrogens with zero attached hydrogens (tertiary/aromatic N) is 2. The zero-order chi connectivity index (χ0) is 18.5. The molecule has 3 aromatic rings. The number of aromatic nitrogens is 2. The first-order valence-corrected chi connectivity index (χ1v) is 10.6. The minimum atomic E-state index is -2.47. The van der Waals surface area contributed by atoms with Crippen LogP contribution in [0.1, 0.15) is 5.56 Å². The van der Waals surface area contributed by atoms with E-state index in [1.54, 1.807) is 28.6 Å². The maximum absolute atomic E-state index is 12.6. The number of hydrogen-bond acceptors (Lipinski definition) is 6. The van der Waals surface area contributed by atoms with Crippen LogP contribution in [0.3, 0.4) is 0 Å². The molecule has 1 heterocycles. The SMILES string of the molecule is COc1cc(CSc2nn(-c3ccccc3)c(=S)s2)ccc1SC(F)F. The van der Waals surface area contributed by atoms with Gasteiger partial charge in [-0.05, 0) is 42.0 Å². The zero-order valence-electron chi connectivity index (χ0n) is 13.6. The van der Waals surface area contributed by atoms with Gasteiger partial charge in [-0.1, -0.05) is 59.1 Å². The van der Waals surface area contributed by atoms with E-state index in [0.29, 0.717) is 32.1 Å². The lowest BCUT2D eigenvalue weighted by atomic mass is 10.2. The summed E-state index contributed by atoms with van der Waals surface area (Å²) in [5.41, 5.74) is 1.90. The average molecular weight is 429 g/mol. The Hall–Kier alpha value is -1.42. The van der Waals surface area contributed by atoms with Gasteiger partial charge in [0.2, 0.25) is 0 Å². The number of hydrogen-bond donors (Lipinski definition) is 0. The number of ether oxygens (including phenoxy) is 1. The summed E-state index contributed by atoms with van der Waals surface area (Å²) in [6.45, 7) is 0. The number of alkyl halides is 2. The Labute approximate surface area is 167 Å². The normalized spacial score (nSPS) is 11.1. The largest absolute Gasteiger partial charge is 0.496 e. The van der Waals surface area contributed by atoms with Crippen molar-refractivity contribution in [3.63, 3.8) is 0 Å². The van der Waals surface area contributed by atoms with Crippen molar-refractivity contribution in [3.8, 4) is 11.4 Å². The number of halogens is 2. The molecule has 0 N–H and O–H groups in total. The molecule has 26 heavy (non-hydrogen) atoms. The molecular formula is C17H14F2N2OS4. The molecule has 1 aromatic heterocycles. The first kappa shape index (κ1) is 19.3. The highest BCUT2D eigenvalue weighted by molar-refractivity contribution is 8.00. The number of methoxy groups -OCH3 is 1. The summed E-state index contributed by atoms with van der Waals surface area (Å²) < 4.78 is 33.6. The molecule has 0 aliphatic heterocycles. The van der Waals surface area contributed by atoms with Crippen LogP contribution in [0.4, 0.5) is 8.78 Å². The van der Waals surface area contributed by atoms with Crippen molar-refractivity contribution in [1.82, 2.24) is 9.78 Å². The van der Waals surface area contributed by atoms with Gasteiger partial charge in [0, 0.05) is 5.75 Å². The molecule has 0 saturated heterocycles. The second-order valence-corrected chi connectivity index (χ2v) is 8.91. The average Bonchev–Trinajstić information content (AvgIpc) is 3.02. The van der Waals surface area contributed by atoms with Gasteiger partial charge >= 0.3 is 0 Å². The van der Waals surface area contributed by atoms with Crippen LogP contribution in [0.25, 0.3) is 5.69 Å². The van der Waals surface area contributed by atoms with Crippen LogP contribution in [0.5, 0.6) is 5.75 Å². The fourth-order valence-corrected chi connectivity index (χ4v) is 5.09. The summed E-state index contributed by atoms with van der Waals surface area (Å²) in [6, 6.07) is 15.0. The molecule has 0 fully saturated rings. The van der Waals surface area contributed by atoms with E-state index < -0.39 is 5.76 Å². The van der Waals surface area contributed by atoms with E-state index in [-0.39, 0.29) is 0 Å². The molecule has 3 nitrogen and oxygen atoms in total. The molecule has 0 radical (unpaired) electrons. The highest BCUT2D eigenvalue weighted by atomic mass is 32.2. The van der Waals surface area contributed by atoms with Crippen molar-refractivity contribution >= 4 is 47.1 Å². The summed E-state index contributed by atoms with van der Waals surface area (Å²) in [5, 5.41) is 4.55. The van der Waals surface area contributed by atoms with Crippen LogP contribution in [-0.4, -0.2) is 22.6 Å². The van der Waals surface area contributed by atoms with E-state index in [1.807, 2.05) is 36.4 Å². The zero-order valence-corrected chi connectivity index (χ0v) is 16.9. The Balaban J connectivity index is 1.72. The fourth-order valence-electron chi connectivity index (χ4n) is 2.19. The van der Waals surface area contributed by atoms with Crippen LogP contribution in [-0.2, 0) is 5.75 Å². The Morgan fingerprint density at radius 1 is 1.23 bits per heavy atom. The van der Waals surface area contributed by atoms with E-state index in [0.717, 1.165) is 15.6 Å². The quantitative estimate of drug-likeness (QED) is 0.326. The van der Waals surface area contributed by atoms with E-state index in [2.05, 4.69) is 5.10 Å². The lowest BCUT2D eigenvalue weighted by molar-refractivity contribution is 0.251. The smallest absolute Gasteiger partial charge is 0.289 e. The summed E-state index contributed by atoms with van der Waals surface area (Å²) in [4.78, 5) is 0.431. The Morgan fingerprint density at radius 3 is 2.69 bits per heavy atom. The van der Waals surface area contributed by atoms with Crippen molar-refractivity contribution in [3.05, 3.63) is 58.0 Å². The van der Waals surface area contributed by atoms with Gasteiger partial charge in [0.05, 0.1) is 17.7 Å². The maximum Gasteiger partial charge on any atom is 0.289 e. The van der Waals surface area contributed by atoms with Gasteiger partial charge in [0.1, 0.15) is 5.75 Å². The van der Waals surface area contributed by atoms with Crippen molar-refractivity contribution in [1.29, 1.82) is 0 Å². The molecule has 2 aromatic carbocycles. The van der Waals surface area contributed by atoms with Crippen molar-refractivity contribution in [2.75, 3.05) is 7.11 Å². The van der Waals surface area contributed by atoms with Crippen LogP contribution in [0.2, 0.25) is 0 Å². The predicted molar refractivity (Wildman–Crippen MR) is 107 cm³/mol. The van der Waals surface area contributed by atoms with Crippen molar-refractivity contribution in [2.24, 2.45) is 0 Å². The van der Waals surface area contributed by atoms with Crippen LogP contribution in [0, 0.1) is 3.95 Å². The third-order valence-electron chi connectivity index (χ3n) is 3.34. The molecule has 0 unspecified atom stereocenters. The van der Waals surface area contributed by atoms with Gasteiger partial charge in [-0.15, -0.1) is 5.10 Å². The van der Waals surface area contributed by atoms with Gasteiger partial charge in [-0.3, -0.25) is 0 Å². The van der Waals surface area contributed by atoms with E-state index in [9.17, 15) is 8.78 Å². The lowest BCUT2D eigenvalue weighted by Gasteiger charge is -2.09. The summed E-state index contributed by atoms with van der Waals surface area (Å²) in [7, 11) is 1.48. The Kier molecular flexibility index (Phi) is 6.68. The van der Waals surface area contributed by atoms with Crippen LogP contribution in [0.15, 0.2) is 57.8 Å². The van der Waals surface area contributed by atoms with Gasteiger partial charge in [-0.2, -0.15) is 8.78 Å². The molecule has 0 bridgehead atoms. The number of rotatable bonds is 7. The predicted octanol–water partition coefficient (Wildman–Crippen LogP) is 6.28. The van der Waals surface area contributed by atoms with E-state index >= 15 is 0 Å². The Bertz CT molecular complexity index is 928. The first-order chi connectivity index (χ1) is 12.6. The Morgan fingerprint density at radius 2 is 2.00 bits per heavy atom. The van der Waals surface area contributed by atoms with Gasteiger partial charge < -0.3 is 4.74 Å². The number of para-hydroxylation sites is 1. The molecule has 136 valence electrons. The number of thioether (sulfide) groups is 2. The third-order valence-corrected chi connectivity index (χ3v) is 6.54. The summed E-state index contributed by atoms with van der Waals surface area (Å²) >= 11 is 8.87. The number of benzene rings is 2. The standard InChI is InChI=1S/C17H14F2N2OS4/c1-22-13-9-11(7-8-14(13)25-15(18)19)10-24-16-20-21(17(23)26-16)12-5-3-2-4-6-12/h2-9,15H,10H2,1H3. The third kappa shape index (κ3) is 4.85. The highest BCUT2D eigenvalue weighted by Crippen LogP contribution is 2.35. The van der Waals surface area contributed by atoms with Crippen LogP contribution < -0.4 is 4.74 Å². The first-order valence-electron chi connectivity index (χ1n) is 7.47. The highest BCUT2D eigenvalue weighted by Gasteiger charge is 2.12. The minimum Gasteiger partial charge on any atom is -0.496 e. The van der Waals surface area contributed by atoms with Crippen molar-refractivity contribution < 1.29 is 13.5 Å². The summed E-state index contributed by atoms with van der Waals surface area (Å²) in [6.07, 6.45) is 0. The molecule has 0 saturated carbocycles. The maximum atomic E-state index is 12.6. The second-order valence-electron chi connectivity index (χ2n) is 5.03. The van der Waals surface area contributed by atoms with Crippen LogP contribution >= 0.6 is 47.1 Å². The molecule has 0 aliphatic carbocycles. The van der Waals surface area contributed by atoms with E-state index in [1.165, 1.54) is 18.4 Å². The van der Waals surface area contributed by atoms with Gasteiger partial charge in [0.25, 0.3) is 5.76 Å². The minimum absolute atomic E-state index is 0.431. The van der Waals surface area contributed by atoms with Crippen molar-refractivity contribution in [2.45, 2.75) is 20.7 Å². The molecule has 9 heteroatoms.